The Morgan fingerprint density at radius 2 is 2.00 bits per heavy atom. The van der Waals surface area contributed by atoms with Crippen molar-refractivity contribution in [2.75, 3.05) is 0 Å². The Morgan fingerprint density at radius 1 is 1.20 bits per heavy atom. The Labute approximate surface area is 147 Å². The van der Waals surface area contributed by atoms with Gasteiger partial charge in [0.05, 0.1) is 11.4 Å². The lowest BCUT2D eigenvalue weighted by atomic mass is 10.0. The fourth-order valence-corrected chi connectivity index (χ4v) is 2.92. The number of nitrogens with zero attached hydrogens (tertiary/aromatic N) is 3. The van der Waals surface area contributed by atoms with Crippen molar-refractivity contribution in [3.05, 3.63) is 65.1 Å². The number of rotatable bonds is 5. The minimum atomic E-state index is -0.961. The van der Waals surface area contributed by atoms with Crippen LogP contribution in [0.5, 0.6) is 0 Å². The molecule has 0 saturated heterocycles. The molecular weight excluding hydrogens is 314 g/mol. The number of pyridine rings is 1. The van der Waals surface area contributed by atoms with Crippen molar-refractivity contribution in [1.29, 1.82) is 0 Å². The van der Waals surface area contributed by atoms with Crippen LogP contribution < -0.4 is 0 Å². The van der Waals surface area contributed by atoms with E-state index in [-0.39, 0.29) is 5.56 Å². The summed E-state index contributed by atoms with van der Waals surface area (Å²) in [4.78, 5) is 16.1. The third-order valence-electron chi connectivity index (χ3n) is 4.35. The van der Waals surface area contributed by atoms with Gasteiger partial charge in [-0.05, 0) is 55.7 Å². The first-order chi connectivity index (χ1) is 12.0. The largest absolute Gasteiger partial charge is 0.478 e. The summed E-state index contributed by atoms with van der Waals surface area (Å²) in [7, 11) is 0. The molecule has 0 unspecified atom stereocenters. The standard InChI is InChI=1S/C20H21N3O2/c1-4-6-17-18(20(24)25)19(15-7-5-10-21-12-15)22-23(17)16-9-8-13(2)14(3)11-16/h5,7-12H,4,6H2,1-3H3,(H,24,25). The molecule has 1 aromatic carbocycles. The van der Waals surface area contributed by atoms with Crippen molar-refractivity contribution < 1.29 is 9.90 Å². The van der Waals surface area contributed by atoms with E-state index < -0.39 is 5.97 Å². The molecule has 5 nitrogen and oxygen atoms in total. The van der Waals surface area contributed by atoms with Gasteiger partial charge in [-0.25, -0.2) is 9.48 Å². The molecule has 0 spiro atoms. The number of aryl methyl sites for hydroxylation is 2. The number of aromatic nitrogens is 3. The molecule has 5 heteroatoms. The molecule has 0 aliphatic heterocycles. The molecule has 128 valence electrons. The highest BCUT2D eigenvalue weighted by Gasteiger charge is 2.24. The van der Waals surface area contributed by atoms with Gasteiger partial charge in [0.1, 0.15) is 11.3 Å². The van der Waals surface area contributed by atoms with Crippen LogP contribution in [0.2, 0.25) is 0 Å². The normalized spacial score (nSPS) is 10.8. The van der Waals surface area contributed by atoms with Gasteiger partial charge in [-0.15, -0.1) is 0 Å². The summed E-state index contributed by atoms with van der Waals surface area (Å²) in [5.74, 6) is -0.961. The monoisotopic (exact) mass is 335 g/mol. The van der Waals surface area contributed by atoms with Crippen molar-refractivity contribution in [2.24, 2.45) is 0 Å². The number of aromatic carboxylic acids is 1. The molecule has 0 aliphatic rings. The van der Waals surface area contributed by atoms with E-state index in [9.17, 15) is 9.90 Å². The first-order valence-electron chi connectivity index (χ1n) is 8.36. The minimum absolute atomic E-state index is 0.257. The van der Waals surface area contributed by atoms with E-state index >= 15 is 0 Å². The lowest BCUT2D eigenvalue weighted by Gasteiger charge is -2.09. The maximum absolute atomic E-state index is 12.0. The summed E-state index contributed by atoms with van der Waals surface area (Å²) in [6.45, 7) is 6.13. The van der Waals surface area contributed by atoms with Gasteiger partial charge in [0.2, 0.25) is 0 Å². The summed E-state index contributed by atoms with van der Waals surface area (Å²) >= 11 is 0. The summed E-state index contributed by atoms with van der Waals surface area (Å²) in [5, 5.41) is 14.5. The number of carboxylic acid groups (broad SMARTS) is 1. The first-order valence-corrected chi connectivity index (χ1v) is 8.36. The molecule has 2 aromatic heterocycles. The van der Waals surface area contributed by atoms with E-state index in [2.05, 4.69) is 17.0 Å². The smallest absolute Gasteiger partial charge is 0.339 e. The molecule has 0 aliphatic carbocycles. The van der Waals surface area contributed by atoms with Crippen LogP contribution in [0.25, 0.3) is 16.9 Å². The molecule has 0 saturated carbocycles. The average Bonchev–Trinajstić information content (AvgIpc) is 2.98. The Morgan fingerprint density at radius 3 is 2.60 bits per heavy atom. The molecule has 1 N–H and O–H groups in total. The highest BCUT2D eigenvalue weighted by molar-refractivity contribution is 5.96. The summed E-state index contributed by atoms with van der Waals surface area (Å²) < 4.78 is 1.77. The van der Waals surface area contributed by atoms with Gasteiger partial charge in [-0.1, -0.05) is 19.4 Å². The van der Waals surface area contributed by atoms with Gasteiger partial charge in [0.15, 0.2) is 0 Å². The van der Waals surface area contributed by atoms with E-state index in [1.807, 2.05) is 38.1 Å². The predicted octanol–water partition coefficient (Wildman–Crippen LogP) is 4.20. The third-order valence-corrected chi connectivity index (χ3v) is 4.35. The molecule has 2 heterocycles. The molecule has 0 amide bonds. The van der Waals surface area contributed by atoms with Crippen LogP contribution >= 0.6 is 0 Å². The zero-order valence-corrected chi connectivity index (χ0v) is 14.7. The van der Waals surface area contributed by atoms with Gasteiger partial charge in [-0.2, -0.15) is 5.10 Å². The van der Waals surface area contributed by atoms with Crippen molar-refractivity contribution in [1.82, 2.24) is 14.8 Å². The van der Waals surface area contributed by atoms with Crippen LogP contribution in [-0.2, 0) is 6.42 Å². The highest BCUT2D eigenvalue weighted by atomic mass is 16.4. The second-order valence-electron chi connectivity index (χ2n) is 6.15. The molecule has 0 bridgehead atoms. The molecule has 0 radical (unpaired) electrons. The van der Waals surface area contributed by atoms with Crippen molar-refractivity contribution in [3.8, 4) is 16.9 Å². The molecule has 0 fully saturated rings. The van der Waals surface area contributed by atoms with E-state index in [0.29, 0.717) is 17.7 Å². The van der Waals surface area contributed by atoms with Gasteiger partial charge in [0, 0.05) is 18.0 Å². The molecule has 3 rings (SSSR count). The second kappa shape index (κ2) is 6.89. The van der Waals surface area contributed by atoms with Crippen LogP contribution in [0.15, 0.2) is 42.7 Å². The Hall–Kier alpha value is -2.95. The van der Waals surface area contributed by atoms with E-state index in [1.165, 1.54) is 5.56 Å². The predicted molar refractivity (Wildman–Crippen MR) is 97.2 cm³/mol. The fourth-order valence-electron chi connectivity index (χ4n) is 2.92. The van der Waals surface area contributed by atoms with Crippen LogP contribution in [0.3, 0.4) is 0 Å². The summed E-state index contributed by atoms with van der Waals surface area (Å²) in [5.41, 5.74) is 5.37. The quantitative estimate of drug-likeness (QED) is 0.758. The maximum atomic E-state index is 12.0. The van der Waals surface area contributed by atoms with Gasteiger partial charge < -0.3 is 5.11 Å². The number of hydrogen-bond donors (Lipinski definition) is 1. The third kappa shape index (κ3) is 3.18. The van der Waals surface area contributed by atoms with Crippen molar-refractivity contribution in [3.63, 3.8) is 0 Å². The Bertz CT molecular complexity index is 914. The molecular formula is C20H21N3O2. The number of carbonyl (C=O) groups is 1. The minimum Gasteiger partial charge on any atom is -0.478 e. The van der Waals surface area contributed by atoms with Gasteiger partial charge in [-0.3, -0.25) is 4.98 Å². The SMILES string of the molecule is CCCc1c(C(=O)O)c(-c2cccnc2)nn1-c1ccc(C)c(C)c1. The topological polar surface area (TPSA) is 68.0 Å². The summed E-state index contributed by atoms with van der Waals surface area (Å²) in [6.07, 6.45) is 4.79. The van der Waals surface area contributed by atoms with E-state index in [4.69, 9.17) is 0 Å². The maximum Gasteiger partial charge on any atom is 0.339 e. The van der Waals surface area contributed by atoms with Crippen molar-refractivity contribution in [2.45, 2.75) is 33.6 Å². The number of carboxylic acids is 1. The first kappa shape index (κ1) is 16.9. The van der Waals surface area contributed by atoms with Gasteiger partial charge >= 0.3 is 5.97 Å². The second-order valence-corrected chi connectivity index (χ2v) is 6.15. The molecule has 0 atom stereocenters. The molecule has 25 heavy (non-hydrogen) atoms. The Kier molecular flexibility index (Phi) is 4.65. The molecule has 3 aromatic rings. The fraction of sp³-hybridized carbons (Fsp3) is 0.250. The summed E-state index contributed by atoms with van der Waals surface area (Å²) in [6, 6.07) is 9.68. The van der Waals surface area contributed by atoms with Crippen LogP contribution in [0.1, 0.15) is 40.5 Å². The number of hydrogen-bond acceptors (Lipinski definition) is 3. The zero-order valence-electron chi connectivity index (χ0n) is 14.7. The van der Waals surface area contributed by atoms with Crippen LogP contribution in [0, 0.1) is 13.8 Å². The number of benzene rings is 1. The average molecular weight is 335 g/mol. The van der Waals surface area contributed by atoms with E-state index in [1.54, 1.807) is 23.1 Å². The van der Waals surface area contributed by atoms with E-state index in [0.717, 1.165) is 23.4 Å². The lowest BCUT2D eigenvalue weighted by Crippen LogP contribution is -2.07. The van der Waals surface area contributed by atoms with Crippen LogP contribution in [-0.4, -0.2) is 25.8 Å². The lowest BCUT2D eigenvalue weighted by molar-refractivity contribution is 0.0696. The van der Waals surface area contributed by atoms with Gasteiger partial charge in [0.25, 0.3) is 0 Å². The van der Waals surface area contributed by atoms with Crippen molar-refractivity contribution >= 4 is 5.97 Å². The highest BCUT2D eigenvalue weighted by Crippen LogP contribution is 2.28. The zero-order chi connectivity index (χ0) is 18.0. The van der Waals surface area contributed by atoms with Crippen LogP contribution in [0.4, 0.5) is 0 Å². The Balaban J connectivity index is 2.27.